The number of hydrogen-bond acceptors (Lipinski definition) is 3. The number of carbonyl (C=O) groups is 2. The first-order valence-corrected chi connectivity index (χ1v) is 7.04. The quantitative estimate of drug-likeness (QED) is 0.597. The number of benzene rings is 1. The number of aryl methyl sites for hydroxylation is 1. The van der Waals surface area contributed by atoms with Gasteiger partial charge < -0.3 is 15.4 Å². The van der Waals surface area contributed by atoms with Gasteiger partial charge in [0.25, 0.3) is 0 Å². The van der Waals surface area contributed by atoms with E-state index in [2.05, 4.69) is 10.6 Å². The van der Waals surface area contributed by atoms with E-state index in [0.717, 1.165) is 17.7 Å². The predicted octanol–water partition coefficient (Wildman–Crippen LogP) is 2.11. The normalized spacial score (nSPS) is 11.0. The standard InChI is InChI=1S/C16H24N2O3/c1-12-8-5-6-9-13(12)18-15(20)16(2,3)14(19)17-10-7-11-21-4/h5-6,8-9H,7,10-11H2,1-4H3,(H,17,19)(H,18,20). The lowest BCUT2D eigenvalue weighted by molar-refractivity contribution is -0.138. The third kappa shape index (κ3) is 4.86. The average Bonchev–Trinajstić information content (AvgIpc) is 2.45. The molecule has 2 amide bonds. The lowest BCUT2D eigenvalue weighted by atomic mass is 9.90. The van der Waals surface area contributed by atoms with Crippen LogP contribution < -0.4 is 10.6 Å². The maximum Gasteiger partial charge on any atom is 0.239 e. The summed E-state index contributed by atoms with van der Waals surface area (Å²) < 4.78 is 4.92. The molecule has 1 aromatic carbocycles. The fourth-order valence-electron chi connectivity index (χ4n) is 1.73. The minimum atomic E-state index is -1.13. The Bertz CT molecular complexity index is 498. The van der Waals surface area contributed by atoms with Crippen LogP contribution in [-0.4, -0.2) is 32.1 Å². The van der Waals surface area contributed by atoms with E-state index in [4.69, 9.17) is 4.74 Å². The van der Waals surface area contributed by atoms with Crippen molar-refractivity contribution < 1.29 is 14.3 Å². The largest absolute Gasteiger partial charge is 0.385 e. The SMILES string of the molecule is COCCCNC(=O)C(C)(C)C(=O)Nc1ccccc1C. The Labute approximate surface area is 126 Å². The van der Waals surface area contributed by atoms with Gasteiger partial charge in [-0.05, 0) is 38.8 Å². The number of methoxy groups -OCH3 is 1. The van der Waals surface area contributed by atoms with Crippen LogP contribution in [0.4, 0.5) is 5.69 Å². The topological polar surface area (TPSA) is 67.4 Å². The van der Waals surface area contributed by atoms with Gasteiger partial charge in [0.1, 0.15) is 5.41 Å². The highest BCUT2D eigenvalue weighted by Crippen LogP contribution is 2.21. The first-order chi connectivity index (χ1) is 9.89. The highest BCUT2D eigenvalue weighted by Gasteiger charge is 2.35. The van der Waals surface area contributed by atoms with Crippen LogP contribution in [0.5, 0.6) is 0 Å². The summed E-state index contributed by atoms with van der Waals surface area (Å²) in [6.07, 6.45) is 0.720. The molecule has 21 heavy (non-hydrogen) atoms. The smallest absolute Gasteiger partial charge is 0.239 e. The van der Waals surface area contributed by atoms with Crippen molar-refractivity contribution >= 4 is 17.5 Å². The van der Waals surface area contributed by atoms with E-state index in [1.807, 2.05) is 31.2 Å². The molecule has 0 aliphatic heterocycles. The Morgan fingerprint density at radius 1 is 1.19 bits per heavy atom. The number of amides is 2. The van der Waals surface area contributed by atoms with Crippen molar-refractivity contribution in [3.05, 3.63) is 29.8 Å². The van der Waals surface area contributed by atoms with Gasteiger partial charge in [0.05, 0.1) is 0 Å². The van der Waals surface area contributed by atoms with E-state index in [9.17, 15) is 9.59 Å². The minimum Gasteiger partial charge on any atom is -0.385 e. The van der Waals surface area contributed by atoms with Crippen molar-refractivity contribution in [3.63, 3.8) is 0 Å². The summed E-state index contributed by atoms with van der Waals surface area (Å²) in [5.41, 5.74) is 0.555. The van der Waals surface area contributed by atoms with Gasteiger partial charge in [0.15, 0.2) is 0 Å². The number of nitrogens with one attached hydrogen (secondary N) is 2. The summed E-state index contributed by atoms with van der Waals surface area (Å²) in [7, 11) is 1.61. The fourth-order valence-corrected chi connectivity index (χ4v) is 1.73. The molecule has 0 saturated heterocycles. The van der Waals surface area contributed by atoms with E-state index in [1.165, 1.54) is 0 Å². The van der Waals surface area contributed by atoms with Crippen molar-refractivity contribution in [1.82, 2.24) is 5.32 Å². The van der Waals surface area contributed by atoms with Gasteiger partial charge >= 0.3 is 0 Å². The molecule has 1 rings (SSSR count). The number of anilines is 1. The molecule has 0 aliphatic rings. The fraction of sp³-hybridized carbons (Fsp3) is 0.500. The lowest BCUT2D eigenvalue weighted by Gasteiger charge is -2.23. The highest BCUT2D eigenvalue weighted by atomic mass is 16.5. The molecule has 0 radical (unpaired) electrons. The van der Waals surface area contributed by atoms with Crippen LogP contribution in [0.25, 0.3) is 0 Å². The minimum absolute atomic E-state index is 0.287. The Hall–Kier alpha value is -1.88. The predicted molar refractivity (Wildman–Crippen MR) is 83.1 cm³/mol. The van der Waals surface area contributed by atoms with E-state index in [1.54, 1.807) is 21.0 Å². The van der Waals surface area contributed by atoms with Crippen LogP contribution in [0.3, 0.4) is 0 Å². The molecule has 0 aromatic heterocycles. The molecule has 0 aliphatic carbocycles. The number of para-hydroxylation sites is 1. The molecular weight excluding hydrogens is 268 g/mol. The van der Waals surface area contributed by atoms with Crippen LogP contribution in [0, 0.1) is 12.3 Å². The van der Waals surface area contributed by atoms with E-state index >= 15 is 0 Å². The Morgan fingerprint density at radius 2 is 1.86 bits per heavy atom. The van der Waals surface area contributed by atoms with Gasteiger partial charge in [-0.2, -0.15) is 0 Å². The van der Waals surface area contributed by atoms with Crippen LogP contribution in [0.2, 0.25) is 0 Å². The van der Waals surface area contributed by atoms with Crippen LogP contribution in [0.1, 0.15) is 25.8 Å². The zero-order chi connectivity index (χ0) is 15.9. The molecule has 0 bridgehead atoms. The summed E-state index contributed by atoms with van der Waals surface area (Å²) in [5.74, 6) is -0.606. The highest BCUT2D eigenvalue weighted by molar-refractivity contribution is 6.10. The van der Waals surface area contributed by atoms with E-state index in [0.29, 0.717) is 13.2 Å². The molecule has 2 N–H and O–H groups in total. The summed E-state index contributed by atoms with van der Waals surface area (Å²) in [6.45, 7) is 6.22. The molecule has 1 aromatic rings. The summed E-state index contributed by atoms with van der Waals surface area (Å²) in [5, 5.41) is 5.57. The lowest BCUT2D eigenvalue weighted by Crippen LogP contribution is -2.45. The van der Waals surface area contributed by atoms with Crippen molar-refractivity contribution in [2.75, 3.05) is 25.6 Å². The number of hydrogen-bond donors (Lipinski definition) is 2. The first-order valence-electron chi connectivity index (χ1n) is 7.04. The maximum absolute atomic E-state index is 12.3. The van der Waals surface area contributed by atoms with Gasteiger partial charge in [0, 0.05) is 25.9 Å². The summed E-state index contributed by atoms with van der Waals surface area (Å²) in [4.78, 5) is 24.5. The van der Waals surface area contributed by atoms with Gasteiger partial charge in [-0.25, -0.2) is 0 Å². The van der Waals surface area contributed by atoms with Crippen LogP contribution in [0.15, 0.2) is 24.3 Å². The van der Waals surface area contributed by atoms with Gasteiger partial charge in [-0.15, -0.1) is 0 Å². The molecule has 5 nitrogen and oxygen atoms in total. The second-order valence-corrected chi connectivity index (χ2v) is 5.50. The molecule has 116 valence electrons. The second kappa shape index (κ2) is 7.78. The molecule has 0 spiro atoms. The zero-order valence-electron chi connectivity index (χ0n) is 13.2. The zero-order valence-corrected chi connectivity index (χ0v) is 13.2. The monoisotopic (exact) mass is 292 g/mol. The van der Waals surface area contributed by atoms with Crippen molar-refractivity contribution in [2.45, 2.75) is 27.2 Å². The van der Waals surface area contributed by atoms with E-state index < -0.39 is 5.41 Å². The van der Waals surface area contributed by atoms with Gasteiger partial charge in [0.2, 0.25) is 11.8 Å². The van der Waals surface area contributed by atoms with Crippen molar-refractivity contribution in [1.29, 1.82) is 0 Å². The molecule has 0 fully saturated rings. The van der Waals surface area contributed by atoms with Crippen molar-refractivity contribution in [3.8, 4) is 0 Å². The molecule has 0 atom stereocenters. The summed E-state index contributed by atoms with van der Waals surface area (Å²) in [6, 6.07) is 7.48. The number of carbonyl (C=O) groups excluding carboxylic acids is 2. The Balaban J connectivity index is 2.62. The van der Waals surface area contributed by atoms with E-state index in [-0.39, 0.29) is 11.8 Å². The maximum atomic E-state index is 12.3. The molecule has 0 unspecified atom stereocenters. The molecule has 5 heteroatoms. The van der Waals surface area contributed by atoms with Crippen LogP contribution >= 0.6 is 0 Å². The first kappa shape index (κ1) is 17.2. The molecular formula is C16H24N2O3. The Morgan fingerprint density at radius 3 is 2.48 bits per heavy atom. The van der Waals surface area contributed by atoms with Gasteiger partial charge in [-0.3, -0.25) is 9.59 Å². The molecule has 0 heterocycles. The average molecular weight is 292 g/mol. The van der Waals surface area contributed by atoms with Crippen molar-refractivity contribution in [2.24, 2.45) is 5.41 Å². The summed E-state index contributed by atoms with van der Waals surface area (Å²) >= 11 is 0. The number of ether oxygens (including phenoxy) is 1. The third-order valence-corrected chi connectivity index (χ3v) is 3.34. The van der Waals surface area contributed by atoms with Crippen LogP contribution in [-0.2, 0) is 14.3 Å². The second-order valence-electron chi connectivity index (χ2n) is 5.50. The Kier molecular flexibility index (Phi) is 6.37. The number of rotatable bonds is 7. The molecule has 0 saturated carbocycles. The van der Waals surface area contributed by atoms with Gasteiger partial charge in [-0.1, -0.05) is 18.2 Å². The third-order valence-electron chi connectivity index (χ3n) is 3.34.